The first kappa shape index (κ1) is 23.0. The molecule has 33 heavy (non-hydrogen) atoms. The maximum absolute atomic E-state index is 14.1. The molecule has 1 aliphatic rings. The van der Waals surface area contributed by atoms with Crippen LogP contribution in [0.15, 0.2) is 59.6 Å². The second kappa shape index (κ2) is 8.99. The minimum absolute atomic E-state index is 0.0458. The van der Waals surface area contributed by atoms with E-state index in [1.54, 1.807) is 19.1 Å². The van der Waals surface area contributed by atoms with Crippen LogP contribution in [0.4, 0.5) is 15.8 Å². The SMILES string of the molecule is CCc1cccc(S(=O)(=O)N2C[C@H](C)Oc3ncc(NC(=O)c4c(F)cccc4Cl)cc32)c1. The number of benzene rings is 2. The molecule has 0 fully saturated rings. The van der Waals surface area contributed by atoms with E-state index in [0.29, 0.717) is 6.42 Å². The lowest BCUT2D eigenvalue weighted by Crippen LogP contribution is -2.42. The van der Waals surface area contributed by atoms with Crippen LogP contribution in [-0.2, 0) is 16.4 Å². The Morgan fingerprint density at radius 1 is 1.27 bits per heavy atom. The molecule has 1 amide bonds. The topological polar surface area (TPSA) is 88.6 Å². The van der Waals surface area contributed by atoms with Crippen LogP contribution < -0.4 is 14.4 Å². The number of rotatable bonds is 5. The first-order valence-corrected chi connectivity index (χ1v) is 12.1. The van der Waals surface area contributed by atoms with Crippen molar-refractivity contribution in [2.75, 3.05) is 16.2 Å². The molecule has 172 valence electrons. The van der Waals surface area contributed by atoms with Crippen molar-refractivity contribution in [1.82, 2.24) is 4.98 Å². The normalized spacial score (nSPS) is 15.5. The Morgan fingerprint density at radius 2 is 2.03 bits per heavy atom. The van der Waals surface area contributed by atoms with Crippen molar-refractivity contribution in [2.45, 2.75) is 31.3 Å². The van der Waals surface area contributed by atoms with Gasteiger partial charge in [-0.2, -0.15) is 0 Å². The number of ether oxygens (including phenoxy) is 1. The van der Waals surface area contributed by atoms with Crippen LogP contribution in [0.25, 0.3) is 0 Å². The highest BCUT2D eigenvalue weighted by atomic mass is 35.5. The zero-order valence-corrected chi connectivity index (χ0v) is 19.5. The fraction of sp³-hybridized carbons (Fsp3) is 0.217. The molecule has 4 rings (SSSR count). The summed E-state index contributed by atoms with van der Waals surface area (Å²) in [6.45, 7) is 3.74. The number of sulfonamides is 1. The van der Waals surface area contributed by atoms with Gasteiger partial charge in [-0.15, -0.1) is 0 Å². The molecular weight excluding hydrogens is 469 g/mol. The molecule has 1 atom stereocenters. The van der Waals surface area contributed by atoms with E-state index in [9.17, 15) is 17.6 Å². The minimum Gasteiger partial charge on any atom is -0.471 e. The molecule has 1 aromatic heterocycles. The summed E-state index contributed by atoms with van der Waals surface area (Å²) in [6, 6.07) is 12.1. The largest absolute Gasteiger partial charge is 0.471 e. The van der Waals surface area contributed by atoms with Crippen LogP contribution in [0.1, 0.15) is 29.8 Å². The summed E-state index contributed by atoms with van der Waals surface area (Å²) in [5, 5.41) is 2.48. The van der Waals surface area contributed by atoms with Gasteiger partial charge < -0.3 is 10.1 Å². The number of nitrogens with zero attached hydrogens (tertiary/aromatic N) is 2. The number of amides is 1. The molecule has 1 N–H and O–H groups in total. The second-order valence-electron chi connectivity index (χ2n) is 7.56. The van der Waals surface area contributed by atoms with E-state index < -0.39 is 27.9 Å². The molecule has 10 heteroatoms. The number of anilines is 2. The van der Waals surface area contributed by atoms with Crippen molar-refractivity contribution in [2.24, 2.45) is 0 Å². The Bertz CT molecular complexity index is 1310. The highest BCUT2D eigenvalue weighted by Gasteiger charge is 2.34. The van der Waals surface area contributed by atoms with E-state index in [4.69, 9.17) is 16.3 Å². The van der Waals surface area contributed by atoms with Crippen LogP contribution in [0.5, 0.6) is 5.88 Å². The third kappa shape index (κ3) is 4.51. The smallest absolute Gasteiger partial charge is 0.264 e. The Balaban J connectivity index is 1.72. The van der Waals surface area contributed by atoms with Crippen LogP contribution in [0.2, 0.25) is 5.02 Å². The molecule has 0 radical (unpaired) electrons. The van der Waals surface area contributed by atoms with Gasteiger partial charge in [0.25, 0.3) is 15.9 Å². The van der Waals surface area contributed by atoms with Crippen molar-refractivity contribution in [3.8, 4) is 5.88 Å². The molecule has 7 nitrogen and oxygen atoms in total. The minimum atomic E-state index is -3.93. The molecule has 0 saturated heterocycles. The third-order valence-corrected chi connectivity index (χ3v) is 7.27. The number of aromatic nitrogens is 1. The van der Waals surface area contributed by atoms with Gasteiger partial charge in [0, 0.05) is 0 Å². The Labute approximate surface area is 196 Å². The number of fused-ring (bicyclic) bond motifs is 1. The average Bonchev–Trinajstić information content (AvgIpc) is 2.78. The molecule has 0 aliphatic carbocycles. The zero-order chi connectivity index (χ0) is 23.8. The van der Waals surface area contributed by atoms with E-state index in [-0.39, 0.29) is 39.3 Å². The number of pyridine rings is 1. The number of hydrogen-bond donors (Lipinski definition) is 1. The van der Waals surface area contributed by atoms with Crippen LogP contribution in [0.3, 0.4) is 0 Å². The highest BCUT2D eigenvalue weighted by molar-refractivity contribution is 7.92. The van der Waals surface area contributed by atoms with Crippen molar-refractivity contribution in [1.29, 1.82) is 0 Å². The van der Waals surface area contributed by atoms with E-state index in [0.717, 1.165) is 11.6 Å². The fourth-order valence-corrected chi connectivity index (χ4v) is 5.38. The first-order chi connectivity index (χ1) is 15.7. The van der Waals surface area contributed by atoms with Crippen LogP contribution in [0, 0.1) is 5.82 Å². The molecule has 0 bridgehead atoms. The van der Waals surface area contributed by atoms with E-state index in [2.05, 4.69) is 10.3 Å². The van der Waals surface area contributed by atoms with Crippen molar-refractivity contribution in [3.05, 3.63) is 76.7 Å². The number of aryl methyl sites for hydroxylation is 1. The van der Waals surface area contributed by atoms with Gasteiger partial charge in [-0.05, 0) is 49.2 Å². The summed E-state index contributed by atoms with van der Waals surface area (Å²) in [4.78, 5) is 17.0. The number of nitrogens with one attached hydrogen (secondary N) is 1. The summed E-state index contributed by atoms with van der Waals surface area (Å²) in [7, 11) is -3.93. The Morgan fingerprint density at radius 3 is 2.76 bits per heavy atom. The van der Waals surface area contributed by atoms with E-state index in [1.807, 2.05) is 13.0 Å². The highest BCUT2D eigenvalue weighted by Crippen LogP contribution is 2.37. The van der Waals surface area contributed by atoms with E-state index >= 15 is 0 Å². The molecule has 3 aromatic rings. The first-order valence-electron chi connectivity index (χ1n) is 10.2. The number of carbonyl (C=O) groups excluding carboxylic acids is 1. The molecule has 1 aliphatic heterocycles. The molecular formula is C23H21ClFN3O4S. The van der Waals surface area contributed by atoms with E-state index in [1.165, 1.54) is 34.8 Å². The Hall–Kier alpha value is -3.17. The summed E-state index contributed by atoms with van der Waals surface area (Å²) in [5.41, 5.74) is 0.910. The number of halogens is 2. The van der Waals surface area contributed by atoms with Crippen molar-refractivity contribution < 1.29 is 22.3 Å². The lowest BCUT2D eigenvalue weighted by atomic mass is 10.2. The van der Waals surface area contributed by atoms with Gasteiger partial charge in [0.1, 0.15) is 17.6 Å². The molecule has 2 aromatic carbocycles. The molecule has 0 unspecified atom stereocenters. The predicted molar refractivity (Wildman–Crippen MR) is 124 cm³/mol. The van der Waals surface area contributed by atoms with Crippen molar-refractivity contribution >= 4 is 38.9 Å². The monoisotopic (exact) mass is 489 g/mol. The van der Waals surface area contributed by atoms with Gasteiger partial charge in [0.05, 0.1) is 33.9 Å². The molecule has 0 spiro atoms. The van der Waals surface area contributed by atoms with Crippen molar-refractivity contribution in [3.63, 3.8) is 0 Å². The average molecular weight is 490 g/mol. The van der Waals surface area contributed by atoms with Gasteiger partial charge in [-0.1, -0.05) is 36.7 Å². The summed E-state index contributed by atoms with van der Waals surface area (Å²) >= 11 is 5.97. The number of carbonyl (C=O) groups is 1. The summed E-state index contributed by atoms with van der Waals surface area (Å²) in [6.07, 6.45) is 1.56. The Kier molecular flexibility index (Phi) is 6.27. The lowest BCUT2D eigenvalue weighted by molar-refractivity contribution is 0.102. The predicted octanol–water partition coefficient (Wildman–Crippen LogP) is 4.67. The van der Waals surface area contributed by atoms with Gasteiger partial charge in [0.15, 0.2) is 0 Å². The molecule has 0 saturated carbocycles. The summed E-state index contributed by atoms with van der Waals surface area (Å²) in [5.74, 6) is -1.44. The van der Waals surface area contributed by atoms with Gasteiger partial charge in [-0.25, -0.2) is 17.8 Å². The third-order valence-electron chi connectivity index (χ3n) is 5.18. The molecule has 2 heterocycles. The maximum Gasteiger partial charge on any atom is 0.264 e. The maximum atomic E-state index is 14.1. The van der Waals surface area contributed by atoms with Gasteiger partial charge >= 0.3 is 0 Å². The van der Waals surface area contributed by atoms with Gasteiger partial charge in [-0.3, -0.25) is 9.10 Å². The zero-order valence-electron chi connectivity index (χ0n) is 17.9. The van der Waals surface area contributed by atoms with Crippen LogP contribution in [-0.4, -0.2) is 32.0 Å². The quantitative estimate of drug-likeness (QED) is 0.563. The lowest BCUT2D eigenvalue weighted by Gasteiger charge is -2.33. The summed E-state index contributed by atoms with van der Waals surface area (Å²) < 4.78 is 48.0. The number of hydrogen-bond acceptors (Lipinski definition) is 5. The fourth-order valence-electron chi connectivity index (χ4n) is 3.53. The second-order valence-corrected chi connectivity index (χ2v) is 9.83. The van der Waals surface area contributed by atoms with Crippen LogP contribution >= 0.6 is 11.6 Å². The standard InChI is InChI=1S/C23H21ClFN3O4S/c1-3-15-6-4-7-17(10-15)33(30,31)28-13-14(2)32-23-20(28)11-16(12-26-23)27-22(29)21-18(24)8-5-9-19(21)25/h4-12,14H,3,13H2,1-2H3,(H,27,29)/t14-/m0/s1. The van der Waals surface area contributed by atoms with Gasteiger partial charge in [0.2, 0.25) is 5.88 Å².